The van der Waals surface area contributed by atoms with E-state index in [-0.39, 0.29) is 61.1 Å². The van der Waals surface area contributed by atoms with E-state index in [2.05, 4.69) is 85.1 Å². The second-order valence-corrected chi connectivity index (χ2v) is 23.0. The van der Waals surface area contributed by atoms with Crippen LogP contribution in [-0.2, 0) is 51.5 Å². The molecule has 19 N–H and O–H groups in total. The van der Waals surface area contributed by atoms with E-state index >= 15 is 0 Å². The number of nitrogens with one attached hydrogen (secondary N) is 6. The molecule has 24 nitrogen and oxygen atoms in total. The molecule has 1 aliphatic rings. The van der Waals surface area contributed by atoms with Gasteiger partial charge in [-0.1, -0.05) is 140 Å². The van der Waals surface area contributed by atoms with Crippen LogP contribution in [0.4, 0.5) is 0 Å². The maximum Gasteiger partial charge on any atom is 1.00 e. The van der Waals surface area contributed by atoms with Crippen LogP contribution < -0.4 is 78.2 Å². The van der Waals surface area contributed by atoms with Crippen molar-refractivity contribution in [2.45, 2.75) is 217 Å². The number of aldehydes is 1. The summed E-state index contributed by atoms with van der Waals surface area (Å²) in [5, 5.41) is 79.9. The molecular weight excluding hydrogens is 1200 g/mol. The molecule has 93 heavy (non-hydrogen) atoms. The predicted molar refractivity (Wildman–Crippen MR) is 380 cm³/mol. The van der Waals surface area contributed by atoms with E-state index in [1.807, 2.05) is 50.2 Å². The Morgan fingerprint density at radius 2 is 0.882 bits per heavy atom. The summed E-state index contributed by atoms with van der Waals surface area (Å²) in [5.41, 5.74) is 18.9. The summed E-state index contributed by atoms with van der Waals surface area (Å²) in [7, 11) is 2.23. The Morgan fingerprint density at radius 1 is 0.548 bits per heavy atom. The van der Waals surface area contributed by atoms with Gasteiger partial charge in [0.2, 0.25) is 5.97 Å². The van der Waals surface area contributed by atoms with Crippen molar-refractivity contribution in [3.05, 3.63) is 71.8 Å². The molecule has 529 valence electrons. The third kappa shape index (κ3) is 108. The maximum atomic E-state index is 10.4. The van der Waals surface area contributed by atoms with E-state index in [4.69, 9.17) is 52.5 Å². The van der Waals surface area contributed by atoms with Gasteiger partial charge in [0, 0.05) is 59.0 Å². The van der Waals surface area contributed by atoms with Gasteiger partial charge in [-0.05, 0) is 161 Å². The topological polar surface area (TPSA) is 405 Å². The molecule has 0 heterocycles. The Labute approximate surface area is 587 Å². The molecule has 1 saturated carbocycles. The van der Waals surface area contributed by atoms with Crippen LogP contribution in [-0.4, -0.2) is 167 Å². The Hall–Kier alpha value is -3.22. The van der Waals surface area contributed by atoms with Gasteiger partial charge in [0.05, 0.1) is 5.92 Å². The van der Waals surface area contributed by atoms with Crippen molar-refractivity contribution in [3.63, 3.8) is 0 Å². The van der Waals surface area contributed by atoms with Crippen molar-refractivity contribution in [1.82, 2.24) is 31.5 Å². The molecule has 2 aromatic rings. The van der Waals surface area contributed by atoms with Crippen molar-refractivity contribution >= 4 is 73.5 Å². The van der Waals surface area contributed by atoms with Crippen LogP contribution in [0, 0.1) is 23.7 Å². The van der Waals surface area contributed by atoms with Gasteiger partial charge in [0.1, 0.15) is 6.29 Å². The molecule has 3 rings (SSSR count). The van der Waals surface area contributed by atoms with Gasteiger partial charge in [-0.2, -0.15) is 0 Å². The standard InChI is InChI=1S/C15H27BN2O.C8H18BNO3.C8H20BNO2.C8H18BNO2.C7H20BN3O.C7H9N.C4H6O4.C3H6.C2H3BO2.Na/c1-14(8-6-7-11-18-16(2)19)12-17-13-15-9-4-3-5-10-15;1-7(8(11)12)5-3-4-6-10-9(2)13;2*1-8(7-11)5-3-4-6-10-9(2)12;1-8(12)11-5-3-2-4-7(10)6-9;8-6-7-4-2-1-3-5-7;1-3(5)7-8-4(2)6;1-2-3-1;1-2(4)5-3;/h3-5,9-10,14,17-19H,6-8,11-13H2,1-2H3;7,10,13H,3-6H2,1-2H3,(H,11,12);8,10-12H,3-7H2,1-2H3;7-8,10,12H,3-6H2,1-2H3;7,11-12H,2-6,9-10H2,1H3;1-5H,6,8H2;1-2H3;1-3H2;1H3;/q;;;;;;;;-1;+1. The molecule has 3 radical (unpaired) electrons. The Bertz CT molecular complexity index is 1860. The van der Waals surface area contributed by atoms with E-state index in [9.17, 15) is 24.0 Å². The second kappa shape index (κ2) is 79.5. The van der Waals surface area contributed by atoms with Crippen LogP contribution in [0.15, 0.2) is 60.7 Å². The molecule has 2 aromatic carbocycles. The molecule has 5 atom stereocenters. The molecule has 0 aromatic heterocycles. The average molecular weight is 1330 g/mol. The van der Waals surface area contributed by atoms with Gasteiger partial charge in [0.15, 0.2) is 0 Å². The van der Waals surface area contributed by atoms with Crippen LogP contribution in [0.3, 0.4) is 0 Å². The van der Waals surface area contributed by atoms with E-state index in [0.717, 1.165) is 143 Å². The number of carbonyl (C=O) groups excluding carboxylic acids is 4. The van der Waals surface area contributed by atoms with E-state index in [1.54, 1.807) is 41.0 Å². The fourth-order valence-electron chi connectivity index (χ4n) is 6.78. The normalized spacial score (nSPS) is 11.8. The van der Waals surface area contributed by atoms with Crippen molar-refractivity contribution in [2.24, 2.45) is 40.9 Å². The average Bonchev–Trinajstić information content (AvgIpc) is 4.44. The minimum Gasteiger partial charge on any atom is -0.793 e. The zero-order valence-electron chi connectivity index (χ0n) is 59.6. The number of hydrogen-bond acceptors (Lipinski definition) is 23. The first kappa shape index (κ1) is 103. The Kier molecular flexibility index (Phi) is 88.2. The summed E-state index contributed by atoms with van der Waals surface area (Å²) in [6.07, 6.45) is 20.9. The third-order valence-electron chi connectivity index (χ3n) is 12.4. The Morgan fingerprint density at radius 3 is 1.16 bits per heavy atom. The molecule has 0 aliphatic heterocycles. The van der Waals surface area contributed by atoms with Crippen molar-refractivity contribution in [1.29, 1.82) is 0 Å². The van der Waals surface area contributed by atoms with Crippen LogP contribution >= 0.6 is 0 Å². The first-order valence-corrected chi connectivity index (χ1v) is 33.1. The summed E-state index contributed by atoms with van der Waals surface area (Å²) in [6.45, 7) is 27.7. The van der Waals surface area contributed by atoms with E-state index < -0.39 is 52.1 Å². The number of carbonyl (C=O) groups is 5. The van der Waals surface area contributed by atoms with Gasteiger partial charge >= 0.3 is 82.7 Å². The fourth-order valence-corrected chi connectivity index (χ4v) is 6.78. The van der Waals surface area contributed by atoms with Crippen molar-refractivity contribution < 1.29 is 103 Å². The zero-order chi connectivity index (χ0) is 71.2. The largest absolute Gasteiger partial charge is 1.00 e. The quantitative estimate of drug-likeness (QED) is 0.0150. The zero-order valence-corrected chi connectivity index (χ0v) is 61.6. The summed E-state index contributed by atoms with van der Waals surface area (Å²) in [6, 6.07) is 20.6. The maximum absolute atomic E-state index is 10.4. The molecule has 0 spiro atoms. The van der Waals surface area contributed by atoms with Gasteiger partial charge < -0.3 is 101 Å². The number of carboxylic acid groups (broad SMARTS) is 1. The number of hydrogen-bond donors (Lipinski definition) is 16. The number of aliphatic carboxylic acids is 1. The van der Waals surface area contributed by atoms with Gasteiger partial charge in [-0.25, -0.2) is 19.4 Å². The van der Waals surface area contributed by atoms with Crippen LogP contribution in [0.1, 0.15) is 175 Å². The number of carboxylic acids is 1. The summed E-state index contributed by atoms with van der Waals surface area (Å²) >= 11 is 0. The third-order valence-corrected chi connectivity index (χ3v) is 12.4. The van der Waals surface area contributed by atoms with Crippen LogP contribution in [0.25, 0.3) is 0 Å². The number of aliphatic hydroxyl groups excluding tert-OH is 1. The van der Waals surface area contributed by atoms with Gasteiger partial charge in [-0.3, -0.25) is 9.59 Å². The monoisotopic (exact) mass is 1330 g/mol. The summed E-state index contributed by atoms with van der Waals surface area (Å²) < 4.78 is 3.61. The molecule has 0 saturated heterocycles. The molecule has 5 unspecified atom stereocenters. The van der Waals surface area contributed by atoms with Crippen LogP contribution in [0.2, 0.25) is 34.1 Å². The Balaban J connectivity index is -0.000000184. The van der Waals surface area contributed by atoms with Crippen molar-refractivity contribution in [3.8, 4) is 0 Å². The minimum absolute atomic E-state index is 0. The van der Waals surface area contributed by atoms with E-state index in [0.29, 0.717) is 31.3 Å². The number of aliphatic hydroxyl groups is 1. The smallest absolute Gasteiger partial charge is 0.793 e. The first-order valence-electron chi connectivity index (χ1n) is 33.1. The first-order chi connectivity index (χ1) is 43.5. The molecule has 1 fully saturated rings. The number of nitrogens with two attached hydrogens (primary N) is 3. The molecule has 0 bridgehead atoms. The number of unbranched alkanes of at least 4 members (excludes halogenated alkanes) is 5. The summed E-state index contributed by atoms with van der Waals surface area (Å²) in [5.74, 6) is -1.44. The summed E-state index contributed by atoms with van der Waals surface area (Å²) in [4.78, 5) is 57.4. The van der Waals surface area contributed by atoms with E-state index in [1.165, 1.54) is 50.2 Å². The number of rotatable bonds is 39. The second-order valence-electron chi connectivity index (χ2n) is 23.0. The minimum atomic E-state index is -0.733. The number of benzene rings is 2. The molecule has 31 heteroatoms. The molecular formula is C62H127B6N9NaO15. The molecule has 0 amide bonds. The molecule has 1 aliphatic carbocycles. The predicted octanol–water partition coefficient (Wildman–Crippen LogP) is 2.16. The van der Waals surface area contributed by atoms with Crippen LogP contribution in [0.5, 0.6) is 0 Å². The van der Waals surface area contributed by atoms with Crippen molar-refractivity contribution in [2.75, 3.05) is 52.4 Å². The van der Waals surface area contributed by atoms with Gasteiger partial charge in [-0.15, -0.1) is 0 Å². The fraction of sp³-hybridized carbons (Fsp3) is 0.726. The SMILES string of the molecule is C1CC1.CB(O)NCCCCC(C)C(=O)O.CB(O)NCCCCC(C)C=O.CB(O)NCCCCC(C)CNCc1ccccc1.CB(O)NCCCCC(C)CO.CB(O)NCCCCC(N)CN.CC(=O)OOC(C)=O.NCc1ccccc1.[B-]OC(C)=O.[Na+]. The van der Waals surface area contributed by atoms with Gasteiger partial charge in [0.25, 0.3) is 0 Å².